The summed E-state index contributed by atoms with van der Waals surface area (Å²) in [6.07, 6.45) is 0.431. The number of aryl methyl sites for hydroxylation is 1. The number of alkyl halides is 3. The Balaban J connectivity index is 0.000000217. The molecule has 15 heteroatoms. The molecule has 4 N–H and O–H groups in total. The van der Waals surface area contributed by atoms with Crippen LogP contribution in [0.2, 0.25) is 0 Å². The lowest BCUT2D eigenvalue weighted by molar-refractivity contribution is -0.137. The third kappa shape index (κ3) is 7.90. The molecule has 0 bridgehead atoms. The van der Waals surface area contributed by atoms with Crippen LogP contribution in [-0.4, -0.2) is 60.4 Å². The van der Waals surface area contributed by atoms with E-state index in [1.165, 1.54) is 20.0 Å². The number of hydrogen-bond donors (Lipinski definition) is 3. The van der Waals surface area contributed by atoms with Crippen LogP contribution >= 0.6 is 0 Å². The molecule has 2 aromatic carbocycles. The summed E-state index contributed by atoms with van der Waals surface area (Å²) >= 11 is 0. The average molecular weight is 636 g/mol. The number of anilines is 2. The average Bonchev–Trinajstić information content (AvgIpc) is 3.56. The number of nitrogens with zero attached hydrogens (tertiary/aromatic N) is 3. The van der Waals surface area contributed by atoms with Gasteiger partial charge in [0, 0.05) is 31.2 Å². The van der Waals surface area contributed by atoms with Crippen molar-refractivity contribution < 1.29 is 41.0 Å². The van der Waals surface area contributed by atoms with Crippen LogP contribution in [0.3, 0.4) is 0 Å². The molecule has 11 nitrogen and oxygen atoms in total. The number of nitrogens with two attached hydrogens (primary N) is 1. The van der Waals surface area contributed by atoms with E-state index in [2.05, 4.69) is 9.88 Å². The lowest BCUT2D eigenvalue weighted by Gasteiger charge is -2.15. The largest absolute Gasteiger partial charge is 0.492 e. The fraction of sp³-hybridized carbons (Fsp3) is 0.310. The summed E-state index contributed by atoms with van der Waals surface area (Å²) in [6.45, 7) is 3.06. The van der Waals surface area contributed by atoms with Gasteiger partial charge in [-0.1, -0.05) is 12.1 Å². The number of halogens is 3. The van der Waals surface area contributed by atoms with Crippen molar-refractivity contribution in [2.45, 2.75) is 25.6 Å². The number of para-hydroxylation sites is 1. The molecule has 1 aliphatic heterocycles. The minimum atomic E-state index is -4.63. The van der Waals surface area contributed by atoms with Crippen LogP contribution in [0.15, 0.2) is 54.7 Å². The summed E-state index contributed by atoms with van der Waals surface area (Å²) in [4.78, 5) is 18.2. The molecule has 5 rings (SSSR count). The Morgan fingerprint density at radius 1 is 1.14 bits per heavy atom. The second-order valence-electron chi connectivity index (χ2n) is 10.2. The van der Waals surface area contributed by atoms with Gasteiger partial charge in [-0.3, -0.25) is 14.6 Å². The van der Waals surface area contributed by atoms with E-state index in [1.54, 1.807) is 23.9 Å². The maximum Gasteiger partial charge on any atom is 0.416 e. The summed E-state index contributed by atoms with van der Waals surface area (Å²) in [6, 6.07) is 12.4. The Morgan fingerprint density at radius 3 is 2.45 bits per heavy atom. The number of likely N-dealkylation sites (tertiary alicyclic amines) is 1. The first kappa shape index (κ1) is 32.4. The van der Waals surface area contributed by atoms with Crippen molar-refractivity contribution >= 4 is 38.3 Å². The lowest BCUT2D eigenvalue weighted by atomic mass is 10.1. The van der Waals surface area contributed by atoms with E-state index in [4.69, 9.17) is 15.2 Å². The van der Waals surface area contributed by atoms with Gasteiger partial charge >= 0.3 is 12.1 Å². The number of carboxylic acid groups (broad SMARTS) is 1. The molecule has 2 aromatic heterocycles. The molecule has 0 amide bonds. The van der Waals surface area contributed by atoms with Crippen molar-refractivity contribution in [1.29, 1.82) is 0 Å². The molecule has 1 saturated heterocycles. The maximum atomic E-state index is 12.5. The SMILES string of the molecule is COc1c(N)cc(C(F)(F)F)cc1NS(C)(=O)=O.Cn1c(C(=O)O)cc2cccc(Oc3ccnc(CN4CCCC4)c3)c21. The quantitative estimate of drug-likeness (QED) is 0.219. The molecule has 44 heavy (non-hydrogen) atoms. The van der Waals surface area contributed by atoms with Crippen molar-refractivity contribution in [3.8, 4) is 17.2 Å². The molecular formula is C29H32F3N5O6S. The van der Waals surface area contributed by atoms with Crippen LogP contribution in [0, 0.1) is 0 Å². The highest BCUT2D eigenvalue weighted by atomic mass is 32.2. The smallest absolute Gasteiger partial charge is 0.416 e. The third-order valence-electron chi connectivity index (χ3n) is 6.78. The molecule has 0 atom stereocenters. The zero-order chi connectivity index (χ0) is 32.2. The van der Waals surface area contributed by atoms with E-state index >= 15 is 0 Å². The van der Waals surface area contributed by atoms with Crippen LogP contribution < -0.4 is 19.9 Å². The van der Waals surface area contributed by atoms with Crippen LogP contribution in [0.4, 0.5) is 24.5 Å². The van der Waals surface area contributed by atoms with Crippen molar-refractivity contribution in [1.82, 2.24) is 14.5 Å². The van der Waals surface area contributed by atoms with E-state index in [0.717, 1.165) is 42.5 Å². The second kappa shape index (κ2) is 13.0. The summed E-state index contributed by atoms with van der Waals surface area (Å²) in [5, 5.41) is 10.2. The van der Waals surface area contributed by atoms with Gasteiger partial charge in [0.2, 0.25) is 10.0 Å². The minimum absolute atomic E-state index is 0.159. The monoisotopic (exact) mass is 635 g/mol. The fourth-order valence-corrected chi connectivity index (χ4v) is 5.44. The first-order chi connectivity index (χ1) is 20.7. The van der Waals surface area contributed by atoms with Crippen LogP contribution in [0.5, 0.6) is 17.2 Å². The fourth-order valence-electron chi connectivity index (χ4n) is 4.89. The van der Waals surface area contributed by atoms with E-state index in [-0.39, 0.29) is 22.8 Å². The molecule has 236 valence electrons. The van der Waals surface area contributed by atoms with E-state index in [9.17, 15) is 31.5 Å². The number of aromatic nitrogens is 2. The summed E-state index contributed by atoms with van der Waals surface area (Å²) in [5.74, 6) is 0.232. The number of carboxylic acids is 1. The second-order valence-corrected chi connectivity index (χ2v) is 11.9. The van der Waals surface area contributed by atoms with Crippen molar-refractivity contribution in [3.05, 3.63) is 71.7 Å². The number of ether oxygens (including phenoxy) is 2. The number of sulfonamides is 1. The number of fused-ring (bicyclic) bond motifs is 1. The van der Waals surface area contributed by atoms with Gasteiger partial charge in [-0.05, 0) is 56.3 Å². The summed E-state index contributed by atoms with van der Waals surface area (Å²) < 4.78 is 74.2. The number of nitrogens with one attached hydrogen (secondary N) is 1. The molecule has 4 aromatic rings. The standard InChI is InChI=1S/C20H21N3O3.C9H11F3N2O3S/c1-22-17(20(24)25)11-14-5-4-6-18(19(14)22)26-16-7-8-21-15(12-16)13-23-9-2-3-10-23;1-17-8-6(13)3-5(9(10,11)12)4-7(8)14-18(2,15)16/h4-8,11-12H,2-3,9-10,13H2,1H3,(H,24,25);3-4,14H,13H2,1-2H3. The van der Waals surface area contributed by atoms with Gasteiger partial charge in [0.15, 0.2) is 11.5 Å². The van der Waals surface area contributed by atoms with Gasteiger partial charge in [0.05, 0.1) is 41.5 Å². The number of hydrogen-bond acceptors (Lipinski definition) is 8. The Hall–Kier alpha value is -4.50. The van der Waals surface area contributed by atoms with E-state index in [0.29, 0.717) is 23.6 Å². The van der Waals surface area contributed by atoms with Gasteiger partial charge < -0.3 is 24.9 Å². The molecule has 0 aliphatic carbocycles. The topological polar surface area (TPSA) is 149 Å². The summed E-state index contributed by atoms with van der Waals surface area (Å²) in [7, 11) is -0.829. The van der Waals surface area contributed by atoms with Gasteiger partial charge in [-0.15, -0.1) is 0 Å². The Labute approximate surface area is 252 Å². The van der Waals surface area contributed by atoms with Gasteiger partial charge in [-0.25, -0.2) is 13.2 Å². The highest BCUT2D eigenvalue weighted by Crippen LogP contribution is 2.39. The van der Waals surface area contributed by atoms with E-state index in [1.807, 2.05) is 35.1 Å². The first-order valence-corrected chi connectivity index (χ1v) is 15.2. The Morgan fingerprint density at radius 2 is 1.84 bits per heavy atom. The number of benzene rings is 2. The Bertz CT molecular complexity index is 1770. The maximum absolute atomic E-state index is 12.5. The molecular weight excluding hydrogens is 603 g/mol. The number of nitrogen functional groups attached to an aromatic ring is 1. The predicted octanol–water partition coefficient (Wildman–Crippen LogP) is 5.33. The van der Waals surface area contributed by atoms with Gasteiger partial charge in [0.1, 0.15) is 11.4 Å². The minimum Gasteiger partial charge on any atom is -0.492 e. The number of pyridine rings is 1. The van der Waals surface area contributed by atoms with Crippen molar-refractivity contribution in [2.24, 2.45) is 7.05 Å². The zero-order valence-corrected chi connectivity index (χ0v) is 25.0. The molecule has 0 unspecified atom stereocenters. The molecule has 1 aliphatic rings. The number of aromatic carboxylic acids is 1. The lowest BCUT2D eigenvalue weighted by Crippen LogP contribution is -2.18. The third-order valence-corrected chi connectivity index (χ3v) is 7.37. The predicted molar refractivity (Wildman–Crippen MR) is 160 cm³/mol. The highest BCUT2D eigenvalue weighted by molar-refractivity contribution is 7.92. The molecule has 0 saturated carbocycles. The molecule has 1 fully saturated rings. The molecule has 3 heterocycles. The van der Waals surface area contributed by atoms with Crippen LogP contribution in [0.25, 0.3) is 10.9 Å². The van der Waals surface area contributed by atoms with Crippen molar-refractivity contribution in [2.75, 3.05) is 36.9 Å². The molecule has 0 spiro atoms. The van der Waals surface area contributed by atoms with Gasteiger partial charge in [0.25, 0.3) is 0 Å². The van der Waals surface area contributed by atoms with Gasteiger partial charge in [-0.2, -0.15) is 13.2 Å². The highest BCUT2D eigenvalue weighted by Gasteiger charge is 2.32. The van der Waals surface area contributed by atoms with Crippen molar-refractivity contribution in [3.63, 3.8) is 0 Å². The number of methoxy groups -OCH3 is 1. The Kier molecular flexibility index (Phi) is 9.59. The first-order valence-electron chi connectivity index (χ1n) is 13.4. The summed E-state index contributed by atoms with van der Waals surface area (Å²) in [5.41, 5.74) is 5.65. The number of carbonyl (C=O) groups is 1. The molecule has 0 radical (unpaired) electrons. The zero-order valence-electron chi connectivity index (χ0n) is 24.2. The van der Waals surface area contributed by atoms with Crippen LogP contribution in [0.1, 0.15) is 34.6 Å². The van der Waals surface area contributed by atoms with E-state index < -0.39 is 27.7 Å². The van der Waals surface area contributed by atoms with Crippen LogP contribution in [-0.2, 0) is 29.8 Å². The number of rotatable bonds is 8. The normalized spacial score (nSPS) is 13.8.